The third kappa shape index (κ3) is 3.65. The van der Waals surface area contributed by atoms with Gasteiger partial charge in [-0.2, -0.15) is 0 Å². The molecule has 0 fully saturated rings. The number of rotatable bonds is 3. The first-order chi connectivity index (χ1) is 9.70. The van der Waals surface area contributed by atoms with Gasteiger partial charge < -0.3 is 5.73 Å². The van der Waals surface area contributed by atoms with Gasteiger partial charge in [-0.05, 0) is 56.5 Å². The van der Waals surface area contributed by atoms with E-state index in [0.717, 1.165) is 0 Å². The highest BCUT2D eigenvalue weighted by molar-refractivity contribution is 9.11. The second-order valence-electron chi connectivity index (χ2n) is 4.06. The summed E-state index contributed by atoms with van der Waals surface area (Å²) in [4.78, 5) is 7.94. The topological polar surface area (TPSA) is 98.0 Å². The van der Waals surface area contributed by atoms with Gasteiger partial charge in [0, 0.05) is 10.7 Å². The molecule has 6 nitrogen and oxygen atoms in total. The first kappa shape index (κ1) is 16.5. The molecule has 1 heterocycles. The summed E-state index contributed by atoms with van der Waals surface area (Å²) < 4.78 is 27.9. The highest BCUT2D eigenvalue weighted by Gasteiger charge is 2.21. The Labute approximate surface area is 143 Å². The molecule has 21 heavy (non-hydrogen) atoms. The van der Waals surface area contributed by atoms with Gasteiger partial charge in [-0.15, -0.1) is 0 Å². The van der Waals surface area contributed by atoms with Gasteiger partial charge in [-0.3, -0.25) is 4.72 Å². The van der Waals surface area contributed by atoms with E-state index in [1.165, 1.54) is 18.3 Å². The van der Waals surface area contributed by atoms with Crippen LogP contribution in [0.3, 0.4) is 0 Å². The number of nitrogens with zero attached hydrogens (tertiary/aromatic N) is 2. The predicted molar refractivity (Wildman–Crippen MR) is 88.8 cm³/mol. The van der Waals surface area contributed by atoms with E-state index in [-0.39, 0.29) is 20.3 Å². The van der Waals surface area contributed by atoms with Crippen molar-refractivity contribution in [1.82, 2.24) is 9.97 Å². The molecule has 0 aliphatic rings. The summed E-state index contributed by atoms with van der Waals surface area (Å²) in [5.41, 5.74) is 6.45. The lowest BCUT2D eigenvalue weighted by atomic mass is 10.2. The first-order valence-corrected chi connectivity index (χ1v) is 8.92. The van der Waals surface area contributed by atoms with Gasteiger partial charge in [-0.25, -0.2) is 18.4 Å². The number of hydrogen-bond donors (Lipinski definition) is 2. The molecule has 1 aromatic heterocycles. The van der Waals surface area contributed by atoms with Crippen molar-refractivity contribution in [3.05, 3.63) is 38.1 Å². The second-order valence-corrected chi connectivity index (χ2v) is 7.71. The van der Waals surface area contributed by atoms with E-state index in [0.29, 0.717) is 15.9 Å². The number of anilines is 2. The van der Waals surface area contributed by atoms with E-state index < -0.39 is 10.0 Å². The number of aromatic nitrogens is 2. The lowest BCUT2D eigenvalue weighted by Crippen LogP contribution is -2.16. The molecule has 3 N–H and O–H groups in total. The molecule has 0 saturated carbocycles. The minimum atomic E-state index is -3.89. The molecule has 0 unspecified atom stereocenters. The fourth-order valence-corrected chi connectivity index (χ4v) is 4.20. The van der Waals surface area contributed by atoms with Crippen LogP contribution in [0, 0.1) is 6.92 Å². The first-order valence-electron chi connectivity index (χ1n) is 5.47. The molecule has 2 aromatic rings. The Morgan fingerprint density at radius 1 is 1.33 bits per heavy atom. The van der Waals surface area contributed by atoms with Crippen LogP contribution >= 0.6 is 43.5 Å². The van der Waals surface area contributed by atoms with Gasteiger partial charge in [0.05, 0.1) is 11.1 Å². The van der Waals surface area contributed by atoms with Crippen molar-refractivity contribution in [2.24, 2.45) is 0 Å². The Morgan fingerprint density at radius 3 is 2.62 bits per heavy atom. The summed E-state index contributed by atoms with van der Waals surface area (Å²) in [7, 11) is -3.89. The fourth-order valence-electron chi connectivity index (χ4n) is 1.55. The highest BCUT2D eigenvalue weighted by atomic mass is 79.9. The second kappa shape index (κ2) is 6.07. The molecule has 0 saturated heterocycles. The number of nitrogens with two attached hydrogens (primary N) is 1. The summed E-state index contributed by atoms with van der Waals surface area (Å²) in [6.45, 7) is 1.60. The van der Waals surface area contributed by atoms with E-state index in [9.17, 15) is 8.42 Å². The van der Waals surface area contributed by atoms with Gasteiger partial charge in [0.25, 0.3) is 10.0 Å². The van der Waals surface area contributed by atoms with Crippen LogP contribution in [0.5, 0.6) is 0 Å². The molecule has 0 spiro atoms. The Morgan fingerprint density at radius 2 is 2.00 bits per heavy atom. The Bertz CT molecular complexity index is 814. The van der Waals surface area contributed by atoms with Crippen LogP contribution in [0.25, 0.3) is 0 Å². The van der Waals surface area contributed by atoms with E-state index in [1.807, 2.05) is 0 Å². The maximum absolute atomic E-state index is 12.4. The minimum Gasteiger partial charge on any atom is -0.398 e. The van der Waals surface area contributed by atoms with Crippen molar-refractivity contribution in [3.8, 4) is 0 Å². The maximum Gasteiger partial charge on any atom is 0.263 e. The van der Waals surface area contributed by atoms with Gasteiger partial charge in [0.15, 0.2) is 10.4 Å². The van der Waals surface area contributed by atoms with Crippen LogP contribution < -0.4 is 10.5 Å². The largest absolute Gasteiger partial charge is 0.398 e. The monoisotopic (exact) mass is 454 g/mol. The van der Waals surface area contributed by atoms with E-state index >= 15 is 0 Å². The third-order valence-corrected chi connectivity index (χ3v) is 5.20. The minimum absolute atomic E-state index is 0.0101. The number of sulfonamides is 1. The molecule has 0 aliphatic carbocycles. The zero-order valence-electron chi connectivity index (χ0n) is 10.6. The molecule has 10 heteroatoms. The molecule has 0 aliphatic heterocycles. The number of nitrogen functional groups attached to an aromatic ring is 1. The molecule has 112 valence electrons. The van der Waals surface area contributed by atoms with Crippen molar-refractivity contribution in [3.63, 3.8) is 0 Å². The van der Waals surface area contributed by atoms with Crippen molar-refractivity contribution < 1.29 is 8.42 Å². The Hall–Kier alpha value is -0.900. The average Bonchev–Trinajstić information content (AvgIpc) is 2.37. The van der Waals surface area contributed by atoms with Crippen LogP contribution in [-0.4, -0.2) is 18.4 Å². The number of halogens is 3. The van der Waals surface area contributed by atoms with Crippen LogP contribution in [0.2, 0.25) is 5.02 Å². The molecular weight excluding hydrogens is 447 g/mol. The standard InChI is InChI=1S/C11H9Br2ClN4O2S/c1-5-7(15)2-6(14)3-8(5)21(19,20)18-11-10(13)17-9(12)4-16-11/h2-4H,15H2,1H3,(H,16,18). The summed E-state index contributed by atoms with van der Waals surface area (Å²) in [6, 6.07) is 2.82. The normalized spacial score (nSPS) is 11.4. The molecule has 0 atom stereocenters. The van der Waals surface area contributed by atoms with Gasteiger partial charge in [-0.1, -0.05) is 11.6 Å². The van der Waals surface area contributed by atoms with E-state index in [2.05, 4.69) is 46.5 Å². The summed E-state index contributed by atoms with van der Waals surface area (Å²) in [5, 5.41) is 0.236. The maximum atomic E-state index is 12.4. The number of hydrogen-bond acceptors (Lipinski definition) is 5. The summed E-state index contributed by atoms with van der Waals surface area (Å²) in [6.07, 6.45) is 1.38. The Balaban J connectivity index is 2.48. The molecule has 0 amide bonds. The molecule has 1 aromatic carbocycles. The average molecular weight is 457 g/mol. The highest BCUT2D eigenvalue weighted by Crippen LogP contribution is 2.28. The van der Waals surface area contributed by atoms with Crippen LogP contribution in [-0.2, 0) is 10.0 Å². The van der Waals surface area contributed by atoms with E-state index in [1.54, 1.807) is 6.92 Å². The van der Waals surface area contributed by atoms with Gasteiger partial charge in [0.2, 0.25) is 0 Å². The zero-order valence-corrected chi connectivity index (χ0v) is 15.3. The van der Waals surface area contributed by atoms with Crippen LogP contribution in [0.15, 0.2) is 32.4 Å². The number of nitrogens with one attached hydrogen (secondary N) is 1. The lowest BCUT2D eigenvalue weighted by molar-refractivity contribution is 0.600. The Kier molecular flexibility index (Phi) is 4.76. The fraction of sp³-hybridized carbons (Fsp3) is 0.0909. The lowest BCUT2D eigenvalue weighted by Gasteiger charge is -2.12. The summed E-state index contributed by atoms with van der Waals surface area (Å²) >= 11 is 12.1. The summed E-state index contributed by atoms with van der Waals surface area (Å²) in [5.74, 6) is 0.0659. The van der Waals surface area contributed by atoms with Crippen LogP contribution in [0.1, 0.15) is 5.56 Å². The predicted octanol–water partition coefficient (Wildman–Crippen LogP) is 3.35. The molecule has 0 radical (unpaired) electrons. The van der Waals surface area contributed by atoms with Crippen molar-refractivity contribution in [1.29, 1.82) is 0 Å². The van der Waals surface area contributed by atoms with Gasteiger partial charge >= 0.3 is 0 Å². The quantitative estimate of drug-likeness (QED) is 0.691. The molecule has 0 bridgehead atoms. The number of benzene rings is 1. The zero-order chi connectivity index (χ0) is 15.8. The van der Waals surface area contributed by atoms with Crippen molar-refractivity contribution in [2.75, 3.05) is 10.5 Å². The third-order valence-electron chi connectivity index (χ3n) is 2.59. The SMILES string of the molecule is Cc1c(N)cc(Cl)cc1S(=O)(=O)Nc1ncc(Br)nc1Br. The van der Waals surface area contributed by atoms with E-state index in [4.69, 9.17) is 17.3 Å². The van der Waals surface area contributed by atoms with Crippen molar-refractivity contribution in [2.45, 2.75) is 11.8 Å². The van der Waals surface area contributed by atoms with Crippen molar-refractivity contribution >= 4 is 65.0 Å². The van der Waals surface area contributed by atoms with Crippen LogP contribution in [0.4, 0.5) is 11.5 Å². The molecular formula is C11H9Br2ClN4O2S. The molecule has 2 rings (SSSR count). The van der Waals surface area contributed by atoms with Gasteiger partial charge in [0.1, 0.15) is 4.60 Å². The smallest absolute Gasteiger partial charge is 0.263 e.